The zero-order valence-corrected chi connectivity index (χ0v) is 17.3. The number of nitrogens with zero attached hydrogens (tertiary/aromatic N) is 1. The fraction of sp³-hybridized carbons (Fsp3) is 0.125. The van der Waals surface area contributed by atoms with Crippen LogP contribution in [0.3, 0.4) is 0 Å². The van der Waals surface area contributed by atoms with E-state index in [4.69, 9.17) is 27.9 Å². The molecule has 0 fully saturated rings. The lowest BCUT2D eigenvalue weighted by molar-refractivity contribution is 0.303. The van der Waals surface area contributed by atoms with Gasteiger partial charge in [-0.15, -0.1) is 0 Å². The summed E-state index contributed by atoms with van der Waals surface area (Å²) in [5.74, 6) is 0.844. The lowest BCUT2D eigenvalue weighted by Crippen LogP contribution is -2.14. The first-order valence-corrected chi connectivity index (χ1v) is 10.1. The van der Waals surface area contributed by atoms with E-state index < -0.39 is 0 Å². The van der Waals surface area contributed by atoms with Crippen LogP contribution in [-0.4, -0.2) is 4.98 Å². The minimum absolute atomic E-state index is 0.381. The van der Waals surface area contributed by atoms with Crippen LogP contribution >= 0.6 is 23.2 Å². The van der Waals surface area contributed by atoms with E-state index in [0.29, 0.717) is 23.2 Å². The summed E-state index contributed by atoms with van der Waals surface area (Å²) >= 11 is 12.3. The summed E-state index contributed by atoms with van der Waals surface area (Å²) in [6, 6.07) is 21.9. The number of hydrogen-bond donors (Lipinski definition) is 1. The van der Waals surface area contributed by atoms with Crippen LogP contribution in [0.2, 0.25) is 10.0 Å². The van der Waals surface area contributed by atoms with Gasteiger partial charge in [0.15, 0.2) is 0 Å². The van der Waals surface area contributed by atoms with Crippen LogP contribution in [0.15, 0.2) is 79.1 Å². The van der Waals surface area contributed by atoms with Gasteiger partial charge < -0.3 is 10.1 Å². The number of pyridine rings is 1. The Bertz CT molecular complexity index is 1120. The third kappa shape index (κ3) is 4.88. The van der Waals surface area contributed by atoms with Crippen molar-refractivity contribution in [1.29, 1.82) is 0 Å². The Balaban J connectivity index is 1.56. The first-order chi connectivity index (χ1) is 14.2. The molecule has 4 rings (SSSR count). The molecule has 0 aliphatic carbocycles. The fourth-order valence-electron chi connectivity index (χ4n) is 3.26. The van der Waals surface area contributed by atoms with E-state index in [2.05, 4.69) is 34.6 Å². The SMILES string of the molecule is Clc1ccc(COc2ccc3ccccc3c2CNCc2ccncc2)c(Cl)c1. The van der Waals surface area contributed by atoms with Gasteiger partial charge in [-0.1, -0.05) is 59.6 Å². The molecule has 1 N–H and O–H groups in total. The fourth-order valence-corrected chi connectivity index (χ4v) is 3.72. The second-order valence-corrected chi connectivity index (χ2v) is 7.59. The van der Waals surface area contributed by atoms with E-state index in [1.165, 1.54) is 16.3 Å². The quantitative estimate of drug-likeness (QED) is 0.373. The molecule has 0 atom stereocenters. The molecule has 29 heavy (non-hydrogen) atoms. The molecular formula is C24H20Cl2N2O. The van der Waals surface area contributed by atoms with Gasteiger partial charge in [-0.2, -0.15) is 0 Å². The molecule has 1 aromatic heterocycles. The van der Waals surface area contributed by atoms with E-state index in [1.54, 1.807) is 18.5 Å². The maximum Gasteiger partial charge on any atom is 0.124 e. The highest BCUT2D eigenvalue weighted by Crippen LogP contribution is 2.30. The normalized spacial score (nSPS) is 11.0. The standard InChI is InChI=1S/C24H20Cl2N2O/c25-20-7-5-19(23(26)13-20)16-29-24-8-6-18-3-1-2-4-21(18)22(24)15-28-14-17-9-11-27-12-10-17/h1-13,28H,14-16H2. The first kappa shape index (κ1) is 19.7. The van der Waals surface area contributed by atoms with Crippen LogP contribution in [-0.2, 0) is 19.7 Å². The molecule has 0 radical (unpaired) electrons. The number of halogens is 2. The van der Waals surface area contributed by atoms with Crippen molar-refractivity contribution in [2.75, 3.05) is 0 Å². The molecule has 4 aromatic rings. The molecule has 0 amide bonds. The number of fused-ring (bicyclic) bond motifs is 1. The van der Waals surface area contributed by atoms with E-state index in [9.17, 15) is 0 Å². The molecule has 5 heteroatoms. The summed E-state index contributed by atoms with van der Waals surface area (Å²) < 4.78 is 6.18. The Morgan fingerprint density at radius 2 is 1.69 bits per heavy atom. The lowest BCUT2D eigenvalue weighted by Gasteiger charge is -2.16. The van der Waals surface area contributed by atoms with Crippen molar-refractivity contribution in [2.45, 2.75) is 19.7 Å². The summed E-state index contributed by atoms with van der Waals surface area (Å²) in [6.45, 7) is 1.83. The van der Waals surface area contributed by atoms with Crippen molar-refractivity contribution in [3.8, 4) is 5.75 Å². The minimum Gasteiger partial charge on any atom is -0.488 e. The molecule has 0 aliphatic heterocycles. The van der Waals surface area contributed by atoms with Crippen LogP contribution in [0.25, 0.3) is 10.8 Å². The smallest absolute Gasteiger partial charge is 0.124 e. The molecule has 146 valence electrons. The summed E-state index contributed by atoms with van der Waals surface area (Å²) in [4.78, 5) is 4.07. The predicted molar refractivity (Wildman–Crippen MR) is 120 cm³/mol. The van der Waals surface area contributed by atoms with Crippen LogP contribution in [0.5, 0.6) is 5.75 Å². The predicted octanol–water partition coefficient (Wildman–Crippen LogP) is 6.41. The maximum absolute atomic E-state index is 6.30. The zero-order valence-electron chi connectivity index (χ0n) is 15.7. The molecule has 0 bridgehead atoms. The third-order valence-electron chi connectivity index (χ3n) is 4.78. The summed E-state index contributed by atoms with van der Waals surface area (Å²) in [5.41, 5.74) is 3.22. The number of nitrogens with one attached hydrogen (secondary N) is 1. The average molecular weight is 423 g/mol. The molecule has 1 heterocycles. The number of hydrogen-bond acceptors (Lipinski definition) is 3. The number of benzene rings is 3. The maximum atomic E-state index is 6.30. The Hall–Kier alpha value is -2.59. The second-order valence-electron chi connectivity index (χ2n) is 6.75. The Kier molecular flexibility index (Phi) is 6.30. The second kappa shape index (κ2) is 9.27. The highest BCUT2D eigenvalue weighted by molar-refractivity contribution is 6.35. The van der Waals surface area contributed by atoms with E-state index >= 15 is 0 Å². The average Bonchev–Trinajstić information content (AvgIpc) is 2.74. The van der Waals surface area contributed by atoms with Crippen LogP contribution in [0, 0.1) is 0 Å². The first-order valence-electron chi connectivity index (χ1n) is 9.38. The number of aromatic nitrogens is 1. The highest BCUT2D eigenvalue weighted by atomic mass is 35.5. The lowest BCUT2D eigenvalue weighted by atomic mass is 10.0. The van der Waals surface area contributed by atoms with Gasteiger partial charge in [-0.3, -0.25) is 4.98 Å². The largest absolute Gasteiger partial charge is 0.488 e. The van der Waals surface area contributed by atoms with E-state index in [0.717, 1.165) is 23.4 Å². The minimum atomic E-state index is 0.381. The van der Waals surface area contributed by atoms with Crippen molar-refractivity contribution >= 4 is 34.0 Å². The third-order valence-corrected chi connectivity index (χ3v) is 5.36. The van der Waals surface area contributed by atoms with Crippen LogP contribution < -0.4 is 10.1 Å². The molecule has 0 unspecified atom stereocenters. The Labute approximate surface area is 180 Å². The summed E-state index contributed by atoms with van der Waals surface area (Å²) in [7, 11) is 0. The van der Waals surface area contributed by atoms with Gasteiger partial charge in [-0.05, 0) is 46.7 Å². The van der Waals surface area contributed by atoms with Crippen molar-refractivity contribution < 1.29 is 4.74 Å². The van der Waals surface area contributed by atoms with Gasteiger partial charge in [0.1, 0.15) is 12.4 Å². The van der Waals surface area contributed by atoms with Gasteiger partial charge in [0, 0.05) is 46.7 Å². The van der Waals surface area contributed by atoms with E-state index in [-0.39, 0.29) is 0 Å². The van der Waals surface area contributed by atoms with Crippen molar-refractivity contribution in [1.82, 2.24) is 10.3 Å². The molecule has 0 saturated carbocycles. The van der Waals surface area contributed by atoms with E-state index in [1.807, 2.05) is 36.4 Å². The molecular weight excluding hydrogens is 403 g/mol. The highest BCUT2D eigenvalue weighted by Gasteiger charge is 2.10. The monoisotopic (exact) mass is 422 g/mol. The zero-order chi connectivity index (χ0) is 20.1. The van der Waals surface area contributed by atoms with Gasteiger partial charge >= 0.3 is 0 Å². The molecule has 3 aromatic carbocycles. The molecule has 0 spiro atoms. The summed E-state index contributed by atoms with van der Waals surface area (Å²) in [6.07, 6.45) is 3.61. The van der Waals surface area contributed by atoms with Gasteiger partial charge in [0.25, 0.3) is 0 Å². The summed E-state index contributed by atoms with van der Waals surface area (Å²) in [5, 5.41) is 7.10. The van der Waals surface area contributed by atoms with Crippen molar-refractivity contribution in [3.05, 3.63) is 106 Å². The van der Waals surface area contributed by atoms with Crippen LogP contribution in [0.1, 0.15) is 16.7 Å². The van der Waals surface area contributed by atoms with Crippen molar-refractivity contribution in [2.24, 2.45) is 0 Å². The van der Waals surface area contributed by atoms with Gasteiger partial charge in [0.05, 0.1) is 0 Å². The van der Waals surface area contributed by atoms with Crippen LogP contribution in [0.4, 0.5) is 0 Å². The molecule has 3 nitrogen and oxygen atoms in total. The van der Waals surface area contributed by atoms with Gasteiger partial charge in [0.2, 0.25) is 0 Å². The number of ether oxygens (including phenoxy) is 1. The Morgan fingerprint density at radius 1 is 0.862 bits per heavy atom. The molecule has 0 aliphatic rings. The topological polar surface area (TPSA) is 34.1 Å². The van der Waals surface area contributed by atoms with Gasteiger partial charge in [-0.25, -0.2) is 0 Å². The molecule has 0 saturated heterocycles. The Morgan fingerprint density at radius 3 is 2.52 bits per heavy atom. The van der Waals surface area contributed by atoms with Crippen molar-refractivity contribution in [3.63, 3.8) is 0 Å². The number of rotatable bonds is 7.